The van der Waals surface area contributed by atoms with E-state index in [0.29, 0.717) is 0 Å². The Kier molecular flexibility index (Phi) is 5.33. The topological polar surface area (TPSA) is 122 Å². The maximum absolute atomic E-state index is 11.3. The number of nitrogens with one attached hydrogen (secondary N) is 1. The average molecular weight is 402 g/mol. The lowest BCUT2D eigenvalue weighted by Crippen LogP contribution is -2.04. The van der Waals surface area contributed by atoms with Gasteiger partial charge in [-0.05, 0) is 19.1 Å². The highest BCUT2D eigenvalue weighted by Gasteiger charge is 2.28. The van der Waals surface area contributed by atoms with E-state index < -0.39 is 21.2 Å². The van der Waals surface area contributed by atoms with Crippen molar-refractivity contribution in [3.05, 3.63) is 64.6 Å². The van der Waals surface area contributed by atoms with Crippen molar-refractivity contribution in [1.82, 2.24) is 0 Å². The fourth-order valence-electron chi connectivity index (χ4n) is 2.11. The van der Waals surface area contributed by atoms with Gasteiger partial charge in [-0.15, -0.1) is 0 Å². The Balaban J connectivity index is 2.73. The van der Waals surface area contributed by atoms with Crippen molar-refractivity contribution in [3.63, 3.8) is 0 Å². The molecule has 0 atom stereocenters. The molecule has 1 N–H and O–H groups in total. The van der Waals surface area contributed by atoms with Crippen LogP contribution in [-0.2, 0) is 0 Å². The number of nitrogens with zero attached hydrogens (tertiary/aromatic N) is 3. The van der Waals surface area contributed by atoms with E-state index in [0.717, 1.165) is 6.07 Å². The lowest BCUT2D eigenvalue weighted by atomic mass is 10.1. The number of hydrogen-bond donors (Lipinski definition) is 1. The van der Waals surface area contributed by atoms with Crippen LogP contribution < -0.4 is 5.32 Å². The van der Waals surface area contributed by atoms with Crippen molar-refractivity contribution in [1.29, 1.82) is 5.26 Å². The van der Waals surface area contributed by atoms with Crippen LogP contribution in [0.25, 0.3) is 0 Å². The fraction of sp³-hybridized carbons (Fsp3) is 0.0714. The van der Waals surface area contributed by atoms with E-state index >= 15 is 0 Å². The standard InChI is InChI=1S/C14H7Cl3N4O4/c1-6-12(17)10(20(22)23)4-11(21(24)25)13(6)19-14-7(5-18)2-8(15)3-9(14)16/h2-4,19H,1H3. The van der Waals surface area contributed by atoms with Crippen LogP contribution in [0, 0.1) is 38.5 Å². The maximum atomic E-state index is 11.3. The van der Waals surface area contributed by atoms with Crippen molar-refractivity contribution in [2.24, 2.45) is 0 Å². The van der Waals surface area contributed by atoms with Crippen molar-refractivity contribution < 1.29 is 9.85 Å². The molecule has 25 heavy (non-hydrogen) atoms. The Bertz CT molecular complexity index is 956. The van der Waals surface area contributed by atoms with Gasteiger partial charge >= 0.3 is 0 Å². The molecule has 0 amide bonds. The second-order valence-electron chi connectivity index (χ2n) is 4.79. The van der Waals surface area contributed by atoms with Crippen molar-refractivity contribution in [2.45, 2.75) is 6.92 Å². The van der Waals surface area contributed by atoms with Crippen molar-refractivity contribution in [2.75, 3.05) is 5.32 Å². The zero-order valence-electron chi connectivity index (χ0n) is 12.3. The molecule has 0 heterocycles. The summed E-state index contributed by atoms with van der Waals surface area (Å²) < 4.78 is 0. The molecular weight excluding hydrogens is 395 g/mol. The van der Waals surface area contributed by atoms with E-state index in [1.807, 2.05) is 6.07 Å². The van der Waals surface area contributed by atoms with Gasteiger partial charge in [-0.25, -0.2) is 0 Å². The number of nitro benzene ring substituents is 2. The van der Waals surface area contributed by atoms with Crippen LogP contribution in [-0.4, -0.2) is 9.85 Å². The number of hydrogen-bond acceptors (Lipinski definition) is 6. The first-order valence-corrected chi connectivity index (χ1v) is 7.58. The molecule has 2 aromatic rings. The molecule has 2 rings (SSSR count). The normalized spacial score (nSPS) is 10.2. The van der Waals surface area contributed by atoms with Crippen LogP contribution in [0.1, 0.15) is 11.1 Å². The number of benzene rings is 2. The van der Waals surface area contributed by atoms with Crippen LogP contribution in [0.3, 0.4) is 0 Å². The second-order valence-corrected chi connectivity index (χ2v) is 6.01. The summed E-state index contributed by atoms with van der Waals surface area (Å²) >= 11 is 17.8. The minimum Gasteiger partial charge on any atom is -0.347 e. The van der Waals surface area contributed by atoms with E-state index in [2.05, 4.69) is 5.32 Å². The molecule has 2 aromatic carbocycles. The smallest absolute Gasteiger partial charge is 0.299 e. The summed E-state index contributed by atoms with van der Waals surface area (Å²) in [5.41, 5.74) is -1.10. The lowest BCUT2D eigenvalue weighted by Gasteiger charge is -2.14. The van der Waals surface area contributed by atoms with Crippen molar-refractivity contribution in [3.8, 4) is 6.07 Å². The second kappa shape index (κ2) is 7.11. The first-order valence-electron chi connectivity index (χ1n) is 6.45. The Morgan fingerprint density at radius 3 is 2.16 bits per heavy atom. The molecule has 128 valence electrons. The van der Waals surface area contributed by atoms with Gasteiger partial charge < -0.3 is 5.32 Å². The largest absolute Gasteiger partial charge is 0.347 e. The number of halogens is 3. The molecule has 0 saturated carbocycles. The summed E-state index contributed by atoms with van der Waals surface area (Å²) in [6.45, 7) is 1.38. The number of rotatable bonds is 4. The van der Waals surface area contributed by atoms with E-state index in [4.69, 9.17) is 34.8 Å². The molecule has 8 nitrogen and oxygen atoms in total. The van der Waals surface area contributed by atoms with Gasteiger partial charge in [0.05, 0.1) is 32.2 Å². The Hall–Kier alpha value is -2.60. The predicted molar refractivity (Wildman–Crippen MR) is 94.0 cm³/mol. The summed E-state index contributed by atoms with van der Waals surface area (Å²) in [6, 6.07) is 5.28. The monoisotopic (exact) mass is 400 g/mol. The minimum absolute atomic E-state index is 0.0423. The first kappa shape index (κ1) is 18.7. The minimum atomic E-state index is -0.817. The van der Waals surface area contributed by atoms with E-state index in [1.54, 1.807) is 0 Å². The fourth-order valence-corrected chi connectivity index (χ4v) is 2.87. The van der Waals surface area contributed by atoms with Crippen LogP contribution in [0.4, 0.5) is 22.7 Å². The van der Waals surface area contributed by atoms with Crippen molar-refractivity contribution >= 4 is 57.6 Å². The van der Waals surface area contributed by atoms with Gasteiger partial charge in [-0.1, -0.05) is 34.8 Å². The van der Waals surface area contributed by atoms with Crippen LogP contribution in [0.15, 0.2) is 18.2 Å². The van der Waals surface area contributed by atoms with Gasteiger partial charge in [-0.2, -0.15) is 5.26 Å². The van der Waals surface area contributed by atoms with E-state index in [-0.39, 0.29) is 37.6 Å². The average Bonchev–Trinajstić information content (AvgIpc) is 2.52. The summed E-state index contributed by atoms with van der Waals surface area (Å²) in [7, 11) is 0. The van der Waals surface area contributed by atoms with Crippen LogP contribution in [0.5, 0.6) is 0 Å². The molecule has 0 aliphatic rings. The maximum Gasteiger partial charge on any atom is 0.299 e. The first-order chi connectivity index (χ1) is 11.7. The highest BCUT2D eigenvalue weighted by molar-refractivity contribution is 6.37. The van der Waals surface area contributed by atoms with Gasteiger partial charge in [-0.3, -0.25) is 20.2 Å². The van der Waals surface area contributed by atoms with Gasteiger partial charge in [0.25, 0.3) is 11.4 Å². The predicted octanol–water partition coefficient (Wildman–Crippen LogP) is 5.39. The van der Waals surface area contributed by atoms with Gasteiger partial charge in [0, 0.05) is 10.6 Å². The highest BCUT2D eigenvalue weighted by Crippen LogP contribution is 2.43. The Morgan fingerprint density at radius 2 is 1.64 bits per heavy atom. The third kappa shape index (κ3) is 3.58. The third-order valence-electron chi connectivity index (χ3n) is 3.28. The molecular formula is C14H7Cl3N4O4. The SMILES string of the molecule is Cc1c(Cl)c([N+](=O)[O-])cc([N+](=O)[O-])c1Nc1c(Cl)cc(Cl)cc1C#N. The molecule has 0 aromatic heterocycles. The molecule has 0 saturated heterocycles. The quantitative estimate of drug-likeness (QED) is 0.541. The van der Waals surface area contributed by atoms with Gasteiger partial charge in [0.2, 0.25) is 0 Å². The van der Waals surface area contributed by atoms with Gasteiger partial charge in [0.15, 0.2) is 0 Å². The summed E-state index contributed by atoms with van der Waals surface area (Å²) in [4.78, 5) is 20.7. The molecule has 0 bridgehead atoms. The van der Waals surface area contributed by atoms with E-state index in [9.17, 15) is 25.5 Å². The third-order valence-corrected chi connectivity index (χ3v) is 4.27. The summed E-state index contributed by atoms with van der Waals surface area (Å²) in [5.74, 6) is 0. The Morgan fingerprint density at radius 1 is 1.04 bits per heavy atom. The molecule has 0 aliphatic heterocycles. The summed E-state index contributed by atoms with van der Waals surface area (Å²) in [5, 5.41) is 34.2. The molecule has 0 aliphatic carbocycles. The highest BCUT2D eigenvalue weighted by atomic mass is 35.5. The molecule has 11 heteroatoms. The Labute approximate surface area is 155 Å². The summed E-state index contributed by atoms with van der Waals surface area (Å²) in [6.07, 6.45) is 0. The zero-order valence-corrected chi connectivity index (χ0v) is 14.6. The van der Waals surface area contributed by atoms with E-state index in [1.165, 1.54) is 19.1 Å². The van der Waals surface area contributed by atoms with Crippen LogP contribution in [0.2, 0.25) is 15.1 Å². The number of nitro groups is 2. The lowest BCUT2D eigenvalue weighted by molar-refractivity contribution is -0.393. The van der Waals surface area contributed by atoms with Gasteiger partial charge in [0.1, 0.15) is 16.8 Å². The number of anilines is 2. The van der Waals surface area contributed by atoms with Crippen LogP contribution >= 0.6 is 34.8 Å². The number of nitriles is 1. The molecule has 0 unspecified atom stereocenters. The molecule has 0 fully saturated rings. The zero-order chi connectivity index (χ0) is 18.9. The molecule has 0 radical (unpaired) electrons. The molecule has 0 spiro atoms.